The van der Waals surface area contributed by atoms with Gasteiger partial charge in [-0.3, -0.25) is 0 Å². The van der Waals surface area contributed by atoms with Crippen LogP contribution in [-0.4, -0.2) is 19.5 Å². The summed E-state index contributed by atoms with van der Waals surface area (Å²) in [6.07, 6.45) is 0. The summed E-state index contributed by atoms with van der Waals surface area (Å²) in [5, 5.41) is 2.67. The number of thiophene rings is 1. The van der Waals surface area contributed by atoms with Gasteiger partial charge in [0.15, 0.2) is 23.1 Å². The van der Waals surface area contributed by atoms with Crippen molar-refractivity contribution in [3.8, 4) is 62.1 Å². The fourth-order valence-corrected chi connectivity index (χ4v) is 9.83. The maximum atomic E-state index is 9.52. The van der Waals surface area contributed by atoms with E-state index in [2.05, 4.69) is 60.7 Å². The second-order valence-corrected chi connectivity index (χ2v) is 16.2. The van der Waals surface area contributed by atoms with Crippen molar-refractivity contribution < 1.29 is 19.5 Å². The van der Waals surface area contributed by atoms with Gasteiger partial charge in [0.1, 0.15) is 5.58 Å². The van der Waals surface area contributed by atoms with Crippen molar-refractivity contribution in [3.05, 3.63) is 206 Å². The lowest BCUT2D eigenvalue weighted by atomic mass is 9.97. The van der Waals surface area contributed by atoms with Crippen LogP contribution in [0.25, 0.3) is 126 Å². The Morgan fingerprint density at radius 2 is 1.14 bits per heavy atom. The molecule has 4 heterocycles. The van der Waals surface area contributed by atoms with Crippen molar-refractivity contribution >= 4 is 75.3 Å². The molecule has 0 radical (unpaired) electrons. The zero-order valence-electron chi connectivity index (χ0n) is 43.9. The number of rotatable bonds is 6. The van der Waals surface area contributed by atoms with Crippen LogP contribution in [-0.2, 0) is 0 Å². The van der Waals surface area contributed by atoms with Gasteiger partial charge in [-0.1, -0.05) is 170 Å². The van der Waals surface area contributed by atoms with E-state index in [0.717, 1.165) is 42.4 Å². The van der Waals surface area contributed by atoms with Crippen molar-refractivity contribution in [1.29, 1.82) is 0 Å². The van der Waals surface area contributed by atoms with Crippen molar-refractivity contribution in [3.63, 3.8) is 0 Å². The Bertz CT molecular complexity index is 4560. The van der Waals surface area contributed by atoms with Crippen molar-refractivity contribution in [1.82, 2.24) is 19.5 Å². The number of hydrogen-bond acceptors (Lipinski definition) is 5. The highest BCUT2D eigenvalue weighted by atomic mass is 32.1. The van der Waals surface area contributed by atoms with Gasteiger partial charge in [0, 0.05) is 58.4 Å². The molecule has 13 aromatic rings. The molecule has 0 unspecified atom stereocenters. The number of para-hydroxylation sites is 3. The minimum atomic E-state index is -0.501. The number of aromatic nitrogens is 4. The molecule has 0 atom stereocenters. The van der Waals surface area contributed by atoms with Crippen LogP contribution in [0.5, 0.6) is 0 Å². The Morgan fingerprint density at radius 1 is 0.429 bits per heavy atom. The first-order chi connectivity index (χ1) is 35.8. The van der Waals surface area contributed by atoms with E-state index in [1.807, 2.05) is 60.7 Å². The van der Waals surface area contributed by atoms with Crippen molar-refractivity contribution in [2.45, 2.75) is 0 Å². The molecule has 0 spiro atoms. The molecule has 0 aliphatic heterocycles. The molecular formula is C57H34N4OS. The summed E-state index contributed by atoms with van der Waals surface area (Å²) in [7, 11) is 0. The summed E-state index contributed by atoms with van der Waals surface area (Å²) in [6.45, 7) is 0. The molecule has 4 aromatic heterocycles. The second-order valence-electron chi connectivity index (χ2n) is 15.1. The molecule has 294 valence electrons. The molecule has 13 rings (SSSR count). The quantitative estimate of drug-likeness (QED) is 0.167. The van der Waals surface area contributed by atoms with E-state index in [-0.39, 0.29) is 96.6 Å². The average molecular weight is 834 g/mol. The highest BCUT2D eigenvalue weighted by Gasteiger charge is 2.22. The standard InChI is InChI=1S/C57H34N4OS/c1-3-14-35(15-4-1)36-28-30-37(31-29-36)40-20-13-27-50-53(40)43-33-32-39(34-51(43)63-50)56-58-55(38-16-5-2-6-17-38)59-57(60-56)45-22-12-26-49-52(45)44-21-11-25-48(54(44)62-49)61-46-23-9-7-18-41(46)42-19-8-10-24-47(42)61/h1-34H/i7D,8D,9D,10D,11D,12D,18D,22D,24D,25D,26D. The van der Waals surface area contributed by atoms with E-state index >= 15 is 0 Å². The van der Waals surface area contributed by atoms with Crippen LogP contribution < -0.4 is 0 Å². The van der Waals surface area contributed by atoms with Gasteiger partial charge in [-0.15, -0.1) is 11.3 Å². The first kappa shape index (κ1) is 26.2. The maximum absolute atomic E-state index is 9.52. The fraction of sp³-hybridized carbons (Fsp3) is 0. The van der Waals surface area contributed by atoms with Crippen LogP contribution in [0.2, 0.25) is 0 Å². The van der Waals surface area contributed by atoms with Gasteiger partial charge >= 0.3 is 0 Å². The summed E-state index contributed by atoms with van der Waals surface area (Å²) >= 11 is 1.64. The number of benzene rings is 9. The summed E-state index contributed by atoms with van der Waals surface area (Å²) in [5.74, 6) is 0.509. The molecule has 0 saturated carbocycles. The van der Waals surface area contributed by atoms with E-state index in [1.165, 1.54) is 22.8 Å². The first-order valence-corrected chi connectivity index (χ1v) is 21.0. The van der Waals surface area contributed by atoms with Gasteiger partial charge in [-0.25, -0.2) is 15.0 Å². The monoisotopic (exact) mass is 833 g/mol. The van der Waals surface area contributed by atoms with Crippen molar-refractivity contribution in [2.75, 3.05) is 0 Å². The lowest BCUT2D eigenvalue weighted by Gasteiger charge is -2.10. The molecule has 6 heteroatoms. The fourth-order valence-electron chi connectivity index (χ4n) is 8.66. The van der Waals surface area contributed by atoms with E-state index in [9.17, 15) is 5.48 Å². The van der Waals surface area contributed by atoms with E-state index in [4.69, 9.17) is 29.0 Å². The molecule has 9 aromatic carbocycles. The molecule has 0 N–H and O–H groups in total. The smallest absolute Gasteiger partial charge is 0.164 e. The summed E-state index contributed by atoms with van der Waals surface area (Å²) in [4.78, 5) is 15.0. The topological polar surface area (TPSA) is 56.7 Å². The highest BCUT2D eigenvalue weighted by Crippen LogP contribution is 2.44. The number of hydrogen-bond donors (Lipinski definition) is 0. The van der Waals surface area contributed by atoms with Gasteiger partial charge in [-0.2, -0.15) is 0 Å². The Hall–Kier alpha value is -8.19. The van der Waals surface area contributed by atoms with Crippen LogP contribution in [0.4, 0.5) is 0 Å². The molecule has 0 saturated heterocycles. The molecule has 0 bridgehead atoms. The molecule has 0 aliphatic rings. The van der Waals surface area contributed by atoms with Gasteiger partial charge in [0.05, 0.1) is 31.8 Å². The molecule has 0 fully saturated rings. The van der Waals surface area contributed by atoms with Crippen LogP contribution in [0, 0.1) is 0 Å². The Labute approximate surface area is 381 Å². The van der Waals surface area contributed by atoms with Crippen LogP contribution >= 0.6 is 11.3 Å². The largest absolute Gasteiger partial charge is 0.454 e. The predicted octanol–water partition coefficient (Wildman–Crippen LogP) is 15.6. The average Bonchev–Trinajstić information content (AvgIpc) is 4.10. The molecule has 5 nitrogen and oxygen atoms in total. The van der Waals surface area contributed by atoms with Crippen LogP contribution in [0.3, 0.4) is 0 Å². The summed E-state index contributed by atoms with van der Waals surface area (Å²) in [5.41, 5.74) is 5.43. The number of furan rings is 1. The minimum absolute atomic E-state index is 0.00552. The third-order valence-electron chi connectivity index (χ3n) is 11.5. The normalized spacial score (nSPS) is 14.3. The lowest BCUT2D eigenvalue weighted by Crippen LogP contribution is -2.00. The first-order valence-electron chi connectivity index (χ1n) is 25.7. The van der Waals surface area contributed by atoms with Gasteiger partial charge in [0.2, 0.25) is 0 Å². The SMILES string of the molecule is [2H]c1cc2c(oc3c([2H])c([2H])c([2H])c(-c4nc(-c5ccccc5)nc(-c5ccc6c(c5)sc5cccc(-c7ccc(-c8ccccc8)cc7)c56)n4)c32)c(-n2c3cc([2H])c([2H])c([2H])c3c3cc([2H])c([2H])c([2H])c32)c1[2H]. The lowest BCUT2D eigenvalue weighted by molar-refractivity contribution is 0.666. The third-order valence-corrected chi connectivity index (χ3v) is 12.7. The summed E-state index contributed by atoms with van der Waals surface area (Å²) < 4.78 is 109. The van der Waals surface area contributed by atoms with E-state index < -0.39 is 42.3 Å². The van der Waals surface area contributed by atoms with Crippen LogP contribution in [0.15, 0.2) is 210 Å². The third kappa shape index (κ3) is 5.73. The highest BCUT2D eigenvalue weighted by molar-refractivity contribution is 7.26. The van der Waals surface area contributed by atoms with Gasteiger partial charge < -0.3 is 8.98 Å². The van der Waals surface area contributed by atoms with Gasteiger partial charge in [-0.05, 0) is 58.6 Å². The molecule has 0 aliphatic carbocycles. The molecule has 63 heavy (non-hydrogen) atoms. The van der Waals surface area contributed by atoms with E-state index in [1.54, 1.807) is 11.3 Å². The van der Waals surface area contributed by atoms with Crippen molar-refractivity contribution in [2.24, 2.45) is 0 Å². The molecule has 0 amide bonds. The maximum Gasteiger partial charge on any atom is 0.164 e. The van der Waals surface area contributed by atoms with Crippen LogP contribution in [0.1, 0.15) is 15.1 Å². The Balaban J connectivity index is 1.04. The predicted molar refractivity (Wildman–Crippen MR) is 262 cm³/mol. The Kier molecular flexibility index (Phi) is 5.91. The molecular weight excluding hydrogens is 789 g/mol. The zero-order chi connectivity index (χ0) is 51.0. The summed E-state index contributed by atoms with van der Waals surface area (Å²) in [6, 6.07) is 40.0. The van der Waals surface area contributed by atoms with E-state index in [0.29, 0.717) is 11.1 Å². The number of nitrogens with zero attached hydrogens (tertiary/aromatic N) is 4. The zero-order valence-corrected chi connectivity index (χ0v) is 33.7. The Morgan fingerprint density at radius 3 is 2.00 bits per heavy atom. The minimum Gasteiger partial charge on any atom is -0.454 e. The van der Waals surface area contributed by atoms with Gasteiger partial charge in [0.25, 0.3) is 0 Å². The second kappa shape index (κ2) is 14.2. The number of fused-ring (bicyclic) bond motifs is 9.